The number of thiophene rings is 1. The second-order valence-corrected chi connectivity index (χ2v) is 6.90. The van der Waals surface area contributed by atoms with Crippen molar-refractivity contribution in [3.63, 3.8) is 0 Å². The predicted octanol–water partition coefficient (Wildman–Crippen LogP) is 2.70. The number of amides is 2. The van der Waals surface area contributed by atoms with E-state index in [0.29, 0.717) is 27.6 Å². The Balaban J connectivity index is 2.10. The van der Waals surface area contributed by atoms with E-state index in [2.05, 4.69) is 10.6 Å². The van der Waals surface area contributed by atoms with Crippen LogP contribution in [-0.4, -0.2) is 44.7 Å². The van der Waals surface area contributed by atoms with E-state index in [-0.39, 0.29) is 18.6 Å². The molecule has 0 saturated heterocycles. The van der Waals surface area contributed by atoms with Crippen LogP contribution in [0, 0.1) is 0 Å². The molecule has 0 atom stereocenters. The van der Waals surface area contributed by atoms with Crippen LogP contribution < -0.4 is 20.1 Å². The monoisotopic (exact) mass is 406 g/mol. The van der Waals surface area contributed by atoms with Gasteiger partial charge in [0.1, 0.15) is 4.88 Å². The zero-order chi connectivity index (χ0) is 20.7. The lowest BCUT2D eigenvalue weighted by molar-refractivity contribution is -0.123. The van der Waals surface area contributed by atoms with Crippen LogP contribution >= 0.6 is 11.3 Å². The minimum atomic E-state index is -0.522. The molecule has 2 rings (SSSR count). The van der Waals surface area contributed by atoms with Crippen LogP contribution in [0.1, 0.15) is 33.9 Å². The zero-order valence-electron chi connectivity index (χ0n) is 16.0. The molecule has 0 aliphatic heterocycles. The first-order valence-electron chi connectivity index (χ1n) is 8.43. The number of rotatable bonds is 8. The molecule has 2 aromatic rings. The molecule has 1 aromatic heterocycles. The van der Waals surface area contributed by atoms with Gasteiger partial charge in [0.2, 0.25) is 0 Å². The Morgan fingerprint density at radius 2 is 1.86 bits per heavy atom. The fourth-order valence-electron chi connectivity index (χ4n) is 2.29. The van der Waals surface area contributed by atoms with Gasteiger partial charge in [0.25, 0.3) is 11.8 Å². The van der Waals surface area contributed by atoms with E-state index in [0.717, 1.165) is 0 Å². The second kappa shape index (κ2) is 9.75. The topological polar surface area (TPSA) is 103 Å². The third-order valence-electron chi connectivity index (χ3n) is 3.52. The lowest BCUT2D eigenvalue weighted by Crippen LogP contribution is -2.34. The van der Waals surface area contributed by atoms with Gasteiger partial charge in [-0.2, -0.15) is 0 Å². The van der Waals surface area contributed by atoms with Gasteiger partial charge < -0.3 is 24.8 Å². The van der Waals surface area contributed by atoms with E-state index in [1.54, 1.807) is 17.5 Å². The third-order valence-corrected chi connectivity index (χ3v) is 4.41. The van der Waals surface area contributed by atoms with Crippen LogP contribution in [0.25, 0.3) is 0 Å². The number of methoxy groups -OCH3 is 2. The maximum atomic E-state index is 12.5. The van der Waals surface area contributed by atoms with Crippen molar-refractivity contribution in [2.45, 2.75) is 19.9 Å². The number of carbonyl (C=O) groups excluding carboxylic acids is 3. The number of anilines is 1. The minimum Gasteiger partial charge on any atom is -0.493 e. The summed E-state index contributed by atoms with van der Waals surface area (Å²) in [5.74, 6) is -0.559. The van der Waals surface area contributed by atoms with E-state index in [1.165, 1.54) is 37.7 Å². The molecule has 2 amide bonds. The first-order valence-corrected chi connectivity index (χ1v) is 9.31. The highest BCUT2D eigenvalue weighted by molar-refractivity contribution is 7.12. The number of nitrogens with one attached hydrogen (secondary N) is 2. The molecule has 0 radical (unpaired) electrons. The fraction of sp³-hybridized carbons (Fsp3) is 0.316. The van der Waals surface area contributed by atoms with Crippen molar-refractivity contribution in [2.24, 2.45) is 0 Å². The van der Waals surface area contributed by atoms with Crippen LogP contribution in [-0.2, 0) is 9.53 Å². The number of benzene rings is 1. The van der Waals surface area contributed by atoms with Crippen LogP contribution in [0.15, 0.2) is 29.6 Å². The Labute approximate surface area is 166 Å². The Hall–Kier alpha value is -3.07. The van der Waals surface area contributed by atoms with Gasteiger partial charge in [-0.15, -0.1) is 11.3 Å². The maximum Gasteiger partial charge on any atom is 0.350 e. The standard InChI is InChI=1S/C19H22N2O6S/c1-11(2)20-16(22)10-27-14-6-5-12(9-15(14)25-3)18(23)21-13-7-8-28-17(13)19(24)26-4/h5-9,11H,10H2,1-4H3,(H,20,22)(H,21,23). The number of hydrogen-bond donors (Lipinski definition) is 2. The summed E-state index contributed by atoms with van der Waals surface area (Å²) in [6.45, 7) is 3.54. The Morgan fingerprint density at radius 3 is 2.50 bits per heavy atom. The molecule has 1 heterocycles. The smallest absolute Gasteiger partial charge is 0.350 e. The zero-order valence-corrected chi connectivity index (χ0v) is 16.8. The summed E-state index contributed by atoms with van der Waals surface area (Å²) in [4.78, 5) is 36.3. The molecule has 0 fully saturated rings. The maximum absolute atomic E-state index is 12.5. The molecule has 0 bridgehead atoms. The van der Waals surface area contributed by atoms with Gasteiger partial charge in [0.15, 0.2) is 18.1 Å². The lowest BCUT2D eigenvalue weighted by atomic mass is 10.2. The summed E-state index contributed by atoms with van der Waals surface area (Å²) in [5, 5.41) is 7.08. The average Bonchev–Trinajstić information content (AvgIpc) is 3.13. The van der Waals surface area contributed by atoms with Crippen molar-refractivity contribution in [2.75, 3.05) is 26.1 Å². The predicted molar refractivity (Wildman–Crippen MR) is 105 cm³/mol. The highest BCUT2D eigenvalue weighted by Gasteiger charge is 2.18. The van der Waals surface area contributed by atoms with Crippen molar-refractivity contribution in [3.8, 4) is 11.5 Å². The van der Waals surface area contributed by atoms with Crippen LogP contribution in [0.3, 0.4) is 0 Å². The van der Waals surface area contributed by atoms with Gasteiger partial charge in [-0.05, 0) is 43.5 Å². The van der Waals surface area contributed by atoms with E-state index < -0.39 is 11.9 Å². The molecule has 2 N–H and O–H groups in total. The molecule has 0 aliphatic carbocycles. The summed E-state index contributed by atoms with van der Waals surface area (Å²) in [6.07, 6.45) is 0. The normalized spacial score (nSPS) is 10.3. The first-order chi connectivity index (χ1) is 13.3. The summed E-state index contributed by atoms with van der Waals surface area (Å²) >= 11 is 1.17. The largest absolute Gasteiger partial charge is 0.493 e. The van der Waals surface area contributed by atoms with E-state index in [1.807, 2.05) is 13.8 Å². The van der Waals surface area contributed by atoms with Gasteiger partial charge in [0.05, 0.1) is 19.9 Å². The van der Waals surface area contributed by atoms with Gasteiger partial charge in [-0.1, -0.05) is 0 Å². The van der Waals surface area contributed by atoms with Crippen LogP contribution in [0.5, 0.6) is 11.5 Å². The number of hydrogen-bond acceptors (Lipinski definition) is 7. The highest BCUT2D eigenvalue weighted by atomic mass is 32.1. The summed E-state index contributed by atoms with van der Waals surface area (Å²) < 4.78 is 15.4. The SMILES string of the molecule is COC(=O)c1sccc1NC(=O)c1ccc(OCC(=O)NC(C)C)c(OC)c1. The molecular weight excluding hydrogens is 384 g/mol. The van der Waals surface area contributed by atoms with Gasteiger partial charge >= 0.3 is 5.97 Å². The summed E-state index contributed by atoms with van der Waals surface area (Å²) in [7, 11) is 2.71. The molecule has 0 saturated carbocycles. The molecule has 9 heteroatoms. The van der Waals surface area contributed by atoms with Crippen LogP contribution in [0.2, 0.25) is 0 Å². The molecule has 150 valence electrons. The number of ether oxygens (including phenoxy) is 3. The molecule has 0 unspecified atom stereocenters. The Kier molecular flexibility index (Phi) is 7.39. The molecule has 0 spiro atoms. The van der Waals surface area contributed by atoms with E-state index in [4.69, 9.17) is 14.2 Å². The fourth-order valence-corrected chi connectivity index (χ4v) is 3.05. The number of esters is 1. The molecule has 28 heavy (non-hydrogen) atoms. The van der Waals surface area contributed by atoms with Gasteiger partial charge in [-0.25, -0.2) is 4.79 Å². The van der Waals surface area contributed by atoms with Crippen molar-refractivity contribution in [1.82, 2.24) is 5.32 Å². The molecule has 0 aliphatic rings. The van der Waals surface area contributed by atoms with Crippen molar-refractivity contribution < 1.29 is 28.6 Å². The van der Waals surface area contributed by atoms with Crippen molar-refractivity contribution >= 4 is 34.8 Å². The van der Waals surface area contributed by atoms with Gasteiger partial charge in [-0.3, -0.25) is 9.59 Å². The number of carbonyl (C=O) groups is 3. The Morgan fingerprint density at radius 1 is 1.11 bits per heavy atom. The average molecular weight is 406 g/mol. The second-order valence-electron chi connectivity index (χ2n) is 5.99. The van der Waals surface area contributed by atoms with Crippen LogP contribution in [0.4, 0.5) is 5.69 Å². The summed E-state index contributed by atoms with van der Waals surface area (Å²) in [6, 6.07) is 6.21. The first kappa shape index (κ1) is 21.2. The highest BCUT2D eigenvalue weighted by Crippen LogP contribution is 2.29. The van der Waals surface area contributed by atoms with E-state index >= 15 is 0 Å². The lowest BCUT2D eigenvalue weighted by Gasteiger charge is -2.13. The quantitative estimate of drug-likeness (QED) is 0.654. The Bertz CT molecular complexity index is 862. The third kappa shape index (κ3) is 5.46. The van der Waals surface area contributed by atoms with Gasteiger partial charge in [0, 0.05) is 11.6 Å². The van der Waals surface area contributed by atoms with Crippen molar-refractivity contribution in [1.29, 1.82) is 0 Å². The van der Waals surface area contributed by atoms with E-state index in [9.17, 15) is 14.4 Å². The minimum absolute atomic E-state index is 0.0102. The molecular formula is C19H22N2O6S. The summed E-state index contributed by atoms with van der Waals surface area (Å²) in [5.41, 5.74) is 0.671. The molecule has 1 aromatic carbocycles. The molecule has 8 nitrogen and oxygen atoms in total. The van der Waals surface area contributed by atoms with Crippen molar-refractivity contribution in [3.05, 3.63) is 40.1 Å².